The van der Waals surface area contributed by atoms with Crippen molar-refractivity contribution in [3.63, 3.8) is 0 Å². The SMILES string of the molecule is COc1ccc(C(N)C2C3CCCCC32)c(C)c1. The van der Waals surface area contributed by atoms with Crippen molar-refractivity contribution < 1.29 is 4.74 Å². The van der Waals surface area contributed by atoms with Crippen LogP contribution in [0.3, 0.4) is 0 Å². The fraction of sp³-hybridized carbons (Fsp3) is 0.625. The van der Waals surface area contributed by atoms with Gasteiger partial charge in [-0.3, -0.25) is 0 Å². The van der Waals surface area contributed by atoms with Gasteiger partial charge in [0.05, 0.1) is 7.11 Å². The molecule has 0 heterocycles. The summed E-state index contributed by atoms with van der Waals surface area (Å²) in [6.07, 6.45) is 5.62. The van der Waals surface area contributed by atoms with Crippen molar-refractivity contribution in [1.82, 2.24) is 0 Å². The van der Waals surface area contributed by atoms with E-state index in [9.17, 15) is 0 Å². The average Bonchev–Trinajstić information content (AvgIpc) is 3.12. The second-order valence-corrected chi connectivity index (χ2v) is 5.94. The minimum absolute atomic E-state index is 0.226. The topological polar surface area (TPSA) is 35.2 Å². The first-order chi connectivity index (χ1) is 8.72. The molecule has 18 heavy (non-hydrogen) atoms. The third-order valence-corrected chi connectivity index (χ3v) is 4.97. The number of aryl methyl sites for hydroxylation is 1. The van der Waals surface area contributed by atoms with Crippen LogP contribution < -0.4 is 10.5 Å². The zero-order valence-corrected chi connectivity index (χ0v) is 11.4. The summed E-state index contributed by atoms with van der Waals surface area (Å²) in [5.74, 6) is 3.49. The van der Waals surface area contributed by atoms with Crippen LogP contribution in [0.15, 0.2) is 18.2 Å². The van der Waals surface area contributed by atoms with E-state index >= 15 is 0 Å². The quantitative estimate of drug-likeness (QED) is 0.885. The van der Waals surface area contributed by atoms with Crippen LogP contribution in [0, 0.1) is 24.7 Å². The van der Waals surface area contributed by atoms with Gasteiger partial charge in [0.2, 0.25) is 0 Å². The Morgan fingerprint density at radius 3 is 2.44 bits per heavy atom. The number of hydrogen-bond donors (Lipinski definition) is 1. The predicted molar refractivity (Wildman–Crippen MR) is 73.6 cm³/mol. The minimum Gasteiger partial charge on any atom is -0.497 e. The van der Waals surface area contributed by atoms with Crippen molar-refractivity contribution in [2.45, 2.75) is 38.6 Å². The Labute approximate surface area is 110 Å². The van der Waals surface area contributed by atoms with Crippen LogP contribution in [-0.4, -0.2) is 7.11 Å². The van der Waals surface area contributed by atoms with E-state index in [1.54, 1.807) is 7.11 Å². The molecule has 3 rings (SSSR count). The van der Waals surface area contributed by atoms with E-state index in [0.717, 1.165) is 23.5 Å². The number of ether oxygens (including phenoxy) is 1. The second kappa shape index (κ2) is 4.58. The molecule has 2 aliphatic rings. The number of fused-ring (bicyclic) bond motifs is 1. The first kappa shape index (κ1) is 12.0. The van der Waals surface area contributed by atoms with Crippen molar-refractivity contribution in [2.75, 3.05) is 7.11 Å². The second-order valence-electron chi connectivity index (χ2n) is 5.94. The summed E-state index contributed by atoms with van der Waals surface area (Å²) < 4.78 is 5.26. The summed E-state index contributed by atoms with van der Waals surface area (Å²) in [6, 6.07) is 6.52. The molecule has 3 unspecified atom stereocenters. The predicted octanol–water partition coefficient (Wildman–Crippen LogP) is 3.44. The van der Waals surface area contributed by atoms with Crippen molar-refractivity contribution in [3.8, 4) is 5.75 Å². The van der Waals surface area contributed by atoms with Gasteiger partial charge in [-0.05, 0) is 60.8 Å². The smallest absolute Gasteiger partial charge is 0.119 e. The molecule has 1 aromatic rings. The lowest BCUT2D eigenvalue weighted by Gasteiger charge is -2.16. The molecule has 0 amide bonds. The largest absolute Gasteiger partial charge is 0.497 e. The van der Waals surface area contributed by atoms with E-state index in [1.165, 1.54) is 36.8 Å². The lowest BCUT2D eigenvalue weighted by molar-refractivity contribution is 0.414. The molecule has 2 fully saturated rings. The third kappa shape index (κ3) is 1.93. The third-order valence-electron chi connectivity index (χ3n) is 4.97. The molecule has 3 atom stereocenters. The first-order valence-corrected chi connectivity index (χ1v) is 7.12. The Bertz CT molecular complexity index is 431. The molecule has 98 valence electrons. The van der Waals surface area contributed by atoms with Gasteiger partial charge in [-0.25, -0.2) is 0 Å². The zero-order chi connectivity index (χ0) is 12.7. The summed E-state index contributed by atoms with van der Waals surface area (Å²) in [7, 11) is 1.71. The van der Waals surface area contributed by atoms with E-state index in [1.807, 2.05) is 6.07 Å². The molecule has 1 aromatic carbocycles. The Morgan fingerprint density at radius 2 is 1.89 bits per heavy atom. The lowest BCUT2D eigenvalue weighted by Crippen LogP contribution is -2.15. The highest BCUT2D eigenvalue weighted by atomic mass is 16.5. The van der Waals surface area contributed by atoms with Crippen LogP contribution in [-0.2, 0) is 0 Å². The molecular weight excluding hydrogens is 222 g/mol. The van der Waals surface area contributed by atoms with E-state index in [2.05, 4.69) is 19.1 Å². The zero-order valence-electron chi connectivity index (χ0n) is 11.4. The summed E-state index contributed by atoms with van der Waals surface area (Å²) in [5, 5.41) is 0. The molecule has 0 aromatic heterocycles. The van der Waals surface area contributed by atoms with Crippen LogP contribution >= 0.6 is 0 Å². The Kier molecular flexibility index (Phi) is 3.06. The number of rotatable bonds is 3. The first-order valence-electron chi connectivity index (χ1n) is 7.12. The molecular formula is C16H23NO. The molecule has 2 aliphatic carbocycles. The van der Waals surface area contributed by atoms with Crippen LogP contribution in [0.5, 0.6) is 5.75 Å². The van der Waals surface area contributed by atoms with Gasteiger partial charge in [-0.1, -0.05) is 18.9 Å². The molecule has 0 saturated heterocycles. The number of methoxy groups -OCH3 is 1. The highest BCUT2D eigenvalue weighted by Gasteiger charge is 2.53. The Morgan fingerprint density at radius 1 is 1.22 bits per heavy atom. The van der Waals surface area contributed by atoms with Crippen molar-refractivity contribution in [1.29, 1.82) is 0 Å². The molecule has 0 bridgehead atoms. The maximum absolute atomic E-state index is 6.51. The number of nitrogens with two attached hydrogens (primary N) is 1. The summed E-state index contributed by atoms with van der Waals surface area (Å²) >= 11 is 0. The van der Waals surface area contributed by atoms with Crippen molar-refractivity contribution in [2.24, 2.45) is 23.5 Å². The van der Waals surface area contributed by atoms with Crippen LogP contribution in [0.1, 0.15) is 42.9 Å². The van der Waals surface area contributed by atoms with Gasteiger partial charge in [-0.15, -0.1) is 0 Å². The van der Waals surface area contributed by atoms with Gasteiger partial charge in [0, 0.05) is 6.04 Å². The van der Waals surface area contributed by atoms with Crippen LogP contribution in [0.25, 0.3) is 0 Å². The highest BCUT2D eigenvalue weighted by molar-refractivity contribution is 5.37. The number of hydrogen-bond acceptors (Lipinski definition) is 2. The molecule has 0 radical (unpaired) electrons. The van der Waals surface area contributed by atoms with Gasteiger partial charge in [0.25, 0.3) is 0 Å². The molecule has 2 heteroatoms. The normalized spacial score (nSPS) is 31.6. The van der Waals surface area contributed by atoms with Gasteiger partial charge < -0.3 is 10.5 Å². The molecule has 2 N–H and O–H groups in total. The van der Waals surface area contributed by atoms with Gasteiger partial charge in [0.1, 0.15) is 5.75 Å². The van der Waals surface area contributed by atoms with E-state index in [4.69, 9.17) is 10.5 Å². The van der Waals surface area contributed by atoms with Crippen molar-refractivity contribution >= 4 is 0 Å². The molecule has 2 nitrogen and oxygen atoms in total. The summed E-state index contributed by atoms with van der Waals surface area (Å²) in [6.45, 7) is 2.14. The van der Waals surface area contributed by atoms with Gasteiger partial charge in [-0.2, -0.15) is 0 Å². The fourth-order valence-electron chi connectivity index (χ4n) is 3.94. The Balaban J connectivity index is 1.78. The van der Waals surface area contributed by atoms with Gasteiger partial charge in [0.15, 0.2) is 0 Å². The lowest BCUT2D eigenvalue weighted by atomic mass is 9.96. The van der Waals surface area contributed by atoms with Crippen molar-refractivity contribution in [3.05, 3.63) is 29.3 Å². The maximum Gasteiger partial charge on any atom is 0.119 e. The van der Waals surface area contributed by atoms with E-state index < -0.39 is 0 Å². The van der Waals surface area contributed by atoms with Crippen LogP contribution in [0.4, 0.5) is 0 Å². The summed E-state index contributed by atoms with van der Waals surface area (Å²) in [4.78, 5) is 0. The monoisotopic (exact) mass is 245 g/mol. The van der Waals surface area contributed by atoms with Crippen LogP contribution in [0.2, 0.25) is 0 Å². The molecule has 0 spiro atoms. The average molecular weight is 245 g/mol. The van der Waals surface area contributed by atoms with E-state index in [-0.39, 0.29) is 6.04 Å². The molecule has 0 aliphatic heterocycles. The standard InChI is InChI=1S/C16H23NO/c1-10-9-11(18-2)7-8-12(10)16(17)15-13-5-3-4-6-14(13)15/h7-9,13-16H,3-6,17H2,1-2H3. The highest BCUT2D eigenvalue weighted by Crippen LogP contribution is 2.59. The Hall–Kier alpha value is -1.02. The maximum atomic E-state index is 6.51. The summed E-state index contributed by atoms with van der Waals surface area (Å²) in [5.41, 5.74) is 9.10. The van der Waals surface area contributed by atoms with E-state index in [0.29, 0.717) is 0 Å². The number of benzene rings is 1. The van der Waals surface area contributed by atoms with Gasteiger partial charge >= 0.3 is 0 Å². The minimum atomic E-state index is 0.226. The fourth-order valence-corrected chi connectivity index (χ4v) is 3.94. The molecule has 2 saturated carbocycles.